The maximum atomic E-state index is 13.9. The third-order valence-corrected chi connectivity index (χ3v) is 7.78. The average molecular weight is 659 g/mol. The maximum absolute atomic E-state index is 13.9. The molecule has 2 atom stereocenters. The van der Waals surface area contributed by atoms with Crippen LogP contribution in [0.15, 0.2) is 66.9 Å². The highest BCUT2D eigenvalue weighted by Gasteiger charge is 2.37. The van der Waals surface area contributed by atoms with Gasteiger partial charge in [0.25, 0.3) is 0 Å². The molecule has 13 heteroatoms. The van der Waals surface area contributed by atoms with Crippen LogP contribution in [0.3, 0.4) is 0 Å². The van der Waals surface area contributed by atoms with E-state index >= 15 is 0 Å². The van der Waals surface area contributed by atoms with Gasteiger partial charge in [-0.15, -0.1) is 0 Å². The first-order valence-corrected chi connectivity index (χ1v) is 15.9. The average Bonchev–Trinajstić information content (AvgIpc) is 3.51. The van der Waals surface area contributed by atoms with Gasteiger partial charge in [-0.25, -0.2) is 14.5 Å². The molecule has 0 unspecified atom stereocenters. The van der Waals surface area contributed by atoms with E-state index in [1.165, 1.54) is 9.42 Å². The summed E-state index contributed by atoms with van der Waals surface area (Å²) in [6.45, 7) is 10.2. The number of fused-ring (bicyclic) bond motifs is 1. The van der Waals surface area contributed by atoms with Gasteiger partial charge >= 0.3 is 12.2 Å². The zero-order valence-corrected chi connectivity index (χ0v) is 27.9. The summed E-state index contributed by atoms with van der Waals surface area (Å²) in [5.41, 5.74) is 7.08. The summed E-state index contributed by atoms with van der Waals surface area (Å²) in [5, 5.41) is 4.47. The van der Waals surface area contributed by atoms with Gasteiger partial charge in [0, 0.05) is 24.9 Å². The first kappa shape index (κ1) is 34.0. The number of aromatic nitrogens is 3. The summed E-state index contributed by atoms with van der Waals surface area (Å²) >= 11 is 0. The van der Waals surface area contributed by atoms with Crippen LogP contribution in [0.1, 0.15) is 51.7 Å². The van der Waals surface area contributed by atoms with Crippen LogP contribution in [-0.4, -0.2) is 69.0 Å². The Hall–Kier alpha value is -5.33. The highest BCUT2D eigenvalue weighted by Crippen LogP contribution is 2.37. The largest absolute Gasteiger partial charge is 0.494 e. The molecule has 0 bridgehead atoms. The van der Waals surface area contributed by atoms with E-state index in [1.54, 1.807) is 69.1 Å². The van der Waals surface area contributed by atoms with Crippen LogP contribution in [0, 0.1) is 12.8 Å². The number of likely N-dealkylation sites (tertiary alicyclic amines) is 1. The van der Waals surface area contributed by atoms with Gasteiger partial charge < -0.3 is 29.6 Å². The molecule has 1 aliphatic heterocycles. The van der Waals surface area contributed by atoms with Crippen molar-refractivity contribution in [1.82, 2.24) is 19.5 Å². The number of piperidine rings is 1. The van der Waals surface area contributed by atoms with Crippen LogP contribution in [0.25, 0.3) is 5.65 Å². The molecule has 13 nitrogen and oxygen atoms in total. The molecule has 5 rings (SSSR count). The number of carbonyl (C=O) groups is 3. The van der Waals surface area contributed by atoms with Gasteiger partial charge in [-0.2, -0.15) is 14.6 Å². The minimum absolute atomic E-state index is 0.0641. The van der Waals surface area contributed by atoms with Crippen LogP contribution < -0.4 is 20.1 Å². The number of hydrogen-bond donors (Lipinski definition) is 1. The molecule has 0 aliphatic carbocycles. The quantitative estimate of drug-likeness (QED) is 0.223. The van der Waals surface area contributed by atoms with E-state index in [1.807, 2.05) is 37.3 Å². The van der Waals surface area contributed by atoms with E-state index in [-0.39, 0.29) is 31.4 Å². The van der Waals surface area contributed by atoms with Gasteiger partial charge in [0.15, 0.2) is 11.5 Å². The van der Waals surface area contributed by atoms with Crippen LogP contribution in [0.4, 0.5) is 21.1 Å². The highest BCUT2D eigenvalue weighted by atomic mass is 16.6. The molecular weight excluding hydrogens is 616 g/mol. The zero-order valence-electron chi connectivity index (χ0n) is 27.9. The van der Waals surface area contributed by atoms with Crippen molar-refractivity contribution in [3.63, 3.8) is 0 Å². The number of primary amides is 1. The first-order valence-electron chi connectivity index (χ1n) is 15.9. The van der Waals surface area contributed by atoms with Crippen molar-refractivity contribution in [2.24, 2.45) is 11.7 Å². The number of hydrogen-bond acceptors (Lipinski definition) is 9. The molecular formula is C35H42N6O7. The summed E-state index contributed by atoms with van der Waals surface area (Å²) in [5.74, 6) is 0.433. The van der Waals surface area contributed by atoms with Crippen molar-refractivity contribution in [1.29, 1.82) is 0 Å². The number of anilines is 2. The Bertz CT molecular complexity index is 1740. The lowest BCUT2D eigenvalue weighted by Crippen LogP contribution is -2.50. The van der Waals surface area contributed by atoms with Crippen molar-refractivity contribution in [3.05, 3.63) is 78.0 Å². The van der Waals surface area contributed by atoms with Gasteiger partial charge in [0.2, 0.25) is 11.8 Å². The number of amides is 3. The SMILES string of the molecule is CCOc1ccc(N(C(=O)OC(C)(C)C)c2c(C)c(O[C@@H]3CN(C(=O)OCc4ccccc4)CC[C@H]3CC(N)=O)nc3ccnn23)cc1. The second kappa shape index (κ2) is 14.6. The van der Waals surface area contributed by atoms with E-state index in [4.69, 9.17) is 29.7 Å². The Labute approximate surface area is 279 Å². The Morgan fingerprint density at radius 3 is 2.44 bits per heavy atom. The fraction of sp³-hybridized carbons (Fsp3) is 0.400. The summed E-state index contributed by atoms with van der Waals surface area (Å²) in [7, 11) is 0. The van der Waals surface area contributed by atoms with E-state index in [2.05, 4.69) is 5.10 Å². The zero-order chi connectivity index (χ0) is 34.4. The van der Waals surface area contributed by atoms with Crippen LogP contribution in [-0.2, 0) is 20.9 Å². The fourth-order valence-corrected chi connectivity index (χ4v) is 5.55. The van der Waals surface area contributed by atoms with Crippen LogP contribution >= 0.6 is 0 Å². The summed E-state index contributed by atoms with van der Waals surface area (Å²) < 4.78 is 25.2. The molecule has 0 saturated carbocycles. The van der Waals surface area contributed by atoms with E-state index in [9.17, 15) is 14.4 Å². The van der Waals surface area contributed by atoms with Gasteiger partial charge in [-0.1, -0.05) is 30.3 Å². The number of nitrogens with zero attached hydrogens (tertiary/aromatic N) is 5. The molecule has 1 fully saturated rings. The second-order valence-electron chi connectivity index (χ2n) is 12.6. The van der Waals surface area contributed by atoms with E-state index in [0.29, 0.717) is 48.0 Å². The number of rotatable bonds is 10. The predicted octanol–water partition coefficient (Wildman–Crippen LogP) is 5.79. The smallest absolute Gasteiger partial charge is 0.420 e. The van der Waals surface area contributed by atoms with Crippen molar-refractivity contribution in [2.75, 3.05) is 24.6 Å². The molecule has 48 heavy (non-hydrogen) atoms. The van der Waals surface area contributed by atoms with Crippen molar-refractivity contribution >= 4 is 35.2 Å². The van der Waals surface area contributed by atoms with Gasteiger partial charge in [-0.05, 0) is 70.9 Å². The Morgan fingerprint density at radius 2 is 1.77 bits per heavy atom. The van der Waals surface area contributed by atoms with E-state index < -0.39 is 29.8 Å². The van der Waals surface area contributed by atoms with Crippen LogP contribution in [0.5, 0.6) is 11.6 Å². The highest BCUT2D eigenvalue weighted by molar-refractivity contribution is 5.96. The Kier molecular flexibility index (Phi) is 10.4. The van der Waals surface area contributed by atoms with Crippen molar-refractivity contribution in [2.45, 2.75) is 65.8 Å². The number of carbonyl (C=O) groups excluding carboxylic acids is 3. The van der Waals surface area contributed by atoms with Crippen LogP contribution in [0.2, 0.25) is 0 Å². The second-order valence-corrected chi connectivity index (χ2v) is 12.6. The lowest BCUT2D eigenvalue weighted by atomic mass is 9.90. The summed E-state index contributed by atoms with van der Waals surface area (Å²) in [6, 6.07) is 18.2. The van der Waals surface area contributed by atoms with Gasteiger partial charge in [-0.3, -0.25) is 4.79 Å². The standard InChI is InChI=1S/C35H42N6O7/c1-6-45-27-14-12-26(13-15-27)40(34(44)48-35(3,4)5)32-23(2)31(38-30-16-18-37-41(30)32)47-28-21-39(19-17-25(28)20-29(36)42)33(43)46-22-24-10-8-7-9-11-24/h7-16,18,25,28H,6,17,19-22H2,1-5H3,(H2,36,42)/t25-,28+/m0/s1. The predicted molar refractivity (Wildman–Crippen MR) is 178 cm³/mol. The van der Waals surface area contributed by atoms with E-state index in [0.717, 1.165) is 5.56 Å². The minimum atomic E-state index is -0.799. The summed E-state index contributed by atoms with van der Waals surface area (Å²) in [6.07, 6.45) is 0.315. The molecule has 3 amide bonds. The molecule has 4 aromatic rings. The lowest BCUT2D eigenvalue weighted by molar-refractivity contribution is -0.120. The molecule has 1 saturated heterocycles. The molecule has 0 spiro atoms. The topological polar surface area (TPSA) is 151 Å². The fourth-order valence-electron chi connectivity index (χ4n) is 5.55. The van der Waals surface area contributed by atoms with Gasteiger partial charge in [0.1, 0.15) is 24.1 Å². The minimum Gasteiger partial charge on any atom is -0.494 e. The monoisotopic (exact) mass is 658 g/mol. The lowest BCUT2D eigenvalue weighted by Gasteiger charge is -2.37. The van der Waals surface area contributed by atoms with Gasteiger partial charge in [0.05, 0.1) is 30.6 Å². The molecule has 254 valence electrons. The number of nitrogens with two attached hydrogens (primary N) is 1. The van der Waals surface area contributed by atoms with Crippen molar-refractivity contribution in [3.8, 4) is 11.6 Å². The molecule has 2 N–H and O–H groups in total. The Morgan fingerprint density at radius 1 is 1.04 bits per heavy atom. The molecule has 0 radical (unpaired) electrons. The molecule has 2 aromatic heterocycles. The molecule has 3 heterocycles. The normalized spacial score (nSPS) is 16.3. The number of ether oxygens (including phenoxy) is 4. The Balaban J connectivity index is 1.50. The maximum Gasteiger partial charge on any atom is 0.420 e. The molecule has 1 aliphatic rings. The summed E-state index contributed by atoms with van der Waals surface area (Å²) in [4.78, 5) is 46.8. The van der Waals surface area contributed by atoms with Crippen molar-refractivity contribution < 1.29 is 33.3 Å². The third-order valence-electron chi connectivity index (χ3n) is 7.78. The third kappa shape index (κ3) is 8.14. The number of benzene rings is 2. The molecule has 2 aromatic carbocycles. The first-order chi connectivity index (χ1) is 22.9.